The Morgan fingerprint density at radius 1 is 1.03 bits per heavy atom. The van der Waals surface area contributed by atoms with Gasteiger partial charge in [-0.2, -0.15) is 0 Å². The molecule has 2 aromatic rings. The van der Waals surface area contributed by atoms with Crippen LogP contribution in [-0.4, -0.2) is 30.5 Å². The Labute approximate surface area is 198 Å². The average molecular weight is 522 g/mol. The van der Waals surface area contributed by atoms with Gasteiger partial charge in [0.25, 0.3) is 5.91 Å². The molecule has 1 unspecified atom stereocenters. The Bertz CT molecular complexity index is 815. The predicted molar refractivity (Wildman–Crippen MR) is 137 cm³/mol. The van der Waals surface area contributed by atoms with Crippen molar-refractivity contribution in [1.82, 2.24) is 16.0 Å². The Morgan fingerprint density at radius 3 is 2.33 bits per heavy atom. The lowest BCUT2D eigenvalue weighted by atomic mass is 10.1. The second-order valence-electron chi connectivity index (χ2n) is 8.40. The van der Waals surface area contributed by atoms with Crippen LogP contribution >= 0.6 is 24.0 Å². The van der Waals surface area contributed by atoms with Crippen LogP contribution in [0.4, 0.5) is 0 Å². The highest BCUT2D eigenvalue weighted by Gasteiger charge is 2.15. The van der Waals surface area contributed by atoms with E-state index in [1.54, 1.807) is 7.05 Å². The number of carbonyl (C=O) groups is 1. The van der Waals surface area contributed by atoms with Gasteiger partial charge in [0.05, 0.1) is 0 Å². The van der Waals surface area contributed by atoms with Crippen molar-refractivity contribution in [3.63, 3.8) is 0 Å². The highest BCUT2D eigenvalue weighted by atomic mass is 127. The number of nitrogens with zero attached hydrogens (tertiary/aromatic N) is 1. The van der Waals surface area contributed by atoms with Gasteiger partial charge in [-0.15, -0.1) is 24.0 Å². The zero-order chi connectivity index (χ0) is 21.3. The molecule has 0 radical (unpaired) electrons. The molecule has 6 heteroatoms. The maximum atomic E-state index is 12.4. The highest BCUT2D eigenvalue weighted by molar-refractivity contribution is 14.0. The van der Waals surface area contributed by atoms with Gasteiger partial charge in [0, 0.05) is 30.7 Å². The molecule has 2 aromatic carbocycles. The average Bonchev–Trinajstić information content (AvgIpc) is 2.69. The first-order chi connectivity index (χ1) is 13.8. The second-order valence-corrected chi connectivity index (χ2v) is 8.40. The van der Waals surface area contributed by atoms with E-state index < -0.39 is 0 Å². The van der Waals surface area contributed by atoms with Crippen molar-refractivity contribution in [2.45, 2.75) is 58.7 Å². The van der Waals surface area contributed by atoms with Gasteiger partial charge < -0.3 is 16.0 Å². The largest absolute Gasteiger partial charge is 0.354 e. The van der Waals surface area contributed by atoms with Gasteiger partial charge in [-0.05, 0) is 63.8 Å². The zero-order valence-electron chi connectivity index (χ0n) is 18.7. The van der Waals surface area contributed by atoms with E-state index in [4.69, 9.17) is 0 Å². The van der Waals surface area contributed by atoms with Gasteiger partial charge in [0.1, 0.15) is 0 Å². The number of aliphatic imine (C=N–C) groups is 1. The summed E-state index contributed by atoms with van der Waals surface area (Å²) in [5.41, 5.74) is 2.78. The second kappa shape index (κ2) is 12.6. The highest BCUT2D eigenvalue weighted by Crippen LogP contribution is 2.08. The number of aryl methyl sites for hydroxylation is 1. The summed E-state index contributed by atoms with van der Waals surface area (Å²) in [6.45, 7) is 8.69. The first kappa shape index (κ1) is 25.9. The van der Waals surface area contributed by atoms with Crippen LogP contribution in [0.2, 0.25) is 0 Å². The number of benzene rings is 2. The Balaban J connectivity index is 0.00000450. The van der Waals surface area contributed by atoms with Crippen LogP contribution < -0.4 is 16.0 Å². The van der Waals surface area contributed by atoms with Crippen molar-refractivity contribution in [3.05, 3.63) is 71.3 Å². The quantitative estimate of drug-likeness (QED) is 0.285. The third kappa shape index (κ3) is 9.61. The van der Waals surface area contributed by atoms with Crippen molar-refractivity contribution in [1.29, 1.82) is 0 Å². The first-order valence-corrected chi connectivity index (χ1v) is 10.2. The summed E-state index contributed by atoms with van der Waals surface area (Å²) in [4.78, 5) is 16.7. The summed E-state index contributed by atoms with van der Waals surface area (Å²) < 4.78 is 0. The number of nitrogens with one attached hydrogen (secondary N) is 3. The lowest BCUT2D eigenvalue weighted by molar-refractivity contribution is 0.0919. The predicted octanol–water partition coefficient (Wildman–Crippen LogP) is 4.52. The molecule has 3 N–H and O–H groups in total. The minimum Gasteiger partial charge on any atom is -0.354 e. The summed E-state index contributed by atoms with van der Waals surface area (Å²) in [6.07, 6.45) is 2.05. The zero-order valence-corrected chi connectivity index (χ0v) is 21.0. The van der Waals surface area contributed by atoms with Crippen LogP contribution in [0.15, 0.2) is 59.6 Å². The Morgan fingerprint density at radius 2 is 1.70 bits per heavy atom. The van der Waals surface area contributed by atoms with Gasteiger partial charge in [-0.25, -0.2) is 0 Å². The molecule has 5 nitrogen and oxygen atoms in total. The standard InChI is InChI=1S/C24H34N4O.HI/c1-18(14-15-19-10-7-6-8-11-19)27-23(25-5)26-17-20-12-9-13-21(16-20)22(29)28-24(2,3)4;/h6-13,16,18H,14-15,17H2,1-5H3,(H,28,29)(H2,25,26,27);1H. The fourth-order valence-electron chi connectivity index (χ4n) is 2.95. The molecule has 1 atom stereocenters. The Hall–Kier alpha value is -2.09. The van der Waals surface area contributed by atoms with Crippen LogP contribution in [0.5, 0.6) is 0 Å². The van der Waals surface area contributed by atoms with Crippen LogP contribution in [-0.2, 0) is 13.0 Å². The van der Waals surface area contributed by atoms with Crippen molar-refractivity contribution >= 4 is 35.8 Å². The van der Waals surface area contributed by atoms with E-state index in [-0.39, 0.29) is 35.4 Å². The van der Waals surface area contributed by atoms with Crippen molar-refractivity contribution in [3.8, 4) is 0 Å². The summed E-state index contributed by atoms with van der Waals surface area (Å²) in [7, 11) is 1.77. The number of halogens is 1. The monoisotopic (exact) mass is 522 g/mol. The van der Waals surface area contributed by atoms with E-state index in [0.717, 1.165) is 24.4 Å². The minimum absolute atomic E-state index is 0. The number of amides is 1. The van der Waals surface area contributed by atoms with Gasteiger partial charge in [0.2, 0.25) is 0 Å². The lowest BCUT2D eigenvalue weighted by Crippen LogP contribution is -2.42. The van der Waals surface area contributed by atoms with Crippen molar-refractivity contribution < 1.29 is 4.79 Å². The fraction of sp³-hybridized carbons (Fsp3) is 0.417. The maximum absolute atomic E-state index is 12.4. The molecule has 0 saturated carbocycles. The molecular weight excluding hydrogens is 487 g/mol. The number of guanidine groups is 1. The summed E-state index contributed by atoms with van der Waals surface area (Å²) in [5.74, 6) is 0.700. The SMILES string of the molecule is CN=C(NCc1cccc(C(=O)NC(C)(C)C)c1)NC(C)CCc1ccccc1.I. The summed E-state index contributed by atoms with van der Waals surface area (Å²) >= 11 is 0. The molecule has 0 aromatic heterocycles. The topological polar surface area (TPSA) is 65.5 Å². The number of hydrogen-bond acceptors (Lipinski definition) is 2. The van der Waals surface area contributed by atoms with E-state index in [9.17, 15) is 4.79 Å². The van der Waals surface area contributed by atoms with E-state index in [2.05, 4.69) is 52.1 Å². The van der Waals surface area contributed by atoms with Crippen LogP contribution in [0.25, 0.3) is 0 Å². The molecule has 0 saturated heterocycles. The molecule has 0 bridgehead atoms. The van der Waals surface area contributed by atoms with Crippen LogP contribution in [0, 0.1) is 0 Å². The number of hydrogen-bond donors (Lipinski definition) is 3. The number of rotatable bonds is 7. The third-order valence-corrected chi connectivity index (χ3v) is 4.45. The van der Waals surface area contributed by atoms with Gasteiger partial charge in [-0.1, -0.05) is 42.5 Å². The van der Waals surface area contributed by atoms with E-state index in [0.29, 0.717) is 18.2 Å². The molecule has 0 aliphatic carbocycles. The molecule has 2 rings (SSSR count). The van der Waals surface area contributed by atoms with E-state index in [1.807, 2.05) is 51.1 Å². The minimum atomic E-state index is -0.257. The van der Waals surface area contributed by atoms with Crippen molar-refractivity contribution in [2.75, 3.05) is 7.05 Å². The van der Waals surface area contributed by atoms with E-state index in [1.165, 1.54) is 5.56 Å². The summed E-state index contributed by atoms with van der Waals surface area (Å²) in [5, 5.41) is 9.77. The molecule has 0 spiro atoms. The molecule has 164 valence electrons. The molecule has 0 heterocycles. The lowest BCUT2D eigenvalue weighted by Gasteiger charge is -2.21. The number of carbonyl (C=O) groups excluding carboxylic acids is 1. The van der Waals surface area contributed by atoms with E-state index >= 15 is 0 Å². The van der Waals surface area contributed by atoms with Crippen LogP contribution in [0.3, 0.4) is 0 Å². The normalized spacial score (nSPS) is 12.5. The Kier molecular flexibility index (Phi) is 10.9. The molecule has 30 heavy (non-hydrogen) atoms. The molecule has 0 fully saturated rings. The van der Waals surface area contributed by atoms with Gasteiger partial charge >= 0.3 is 0 Å². The fourth-order valence-corrected chi connectivity index (χ4v) is 2.95. The van der Waals surface area contributed by atoms with Crippen LogP contribution in [0.1, 0.15) is 55.6 Å². The van der Waals surface area contributed by atoms with Crippen molar-refractivity contribution in [2.24, 2.45) is 4.99 Å². The molecule has 0 aliphatic rings. The maximum Gasteiger partial charge on any atom is 0.251 e. The first-order valence-electron chi connectivity index (χ1n) is 10.2. The smallest absolute Gasteiger partial charge is 0.251 e. The molecule has 0 aliphatic heterocycles. The third-order valence-electron chi connectivity index (χ3n) is 4.45. The van der Waals surface area contributed by atoms with Gasteiger partial charge in [0.15, 0.2) is 5.96 Å². The van der Waals surface area contributed by atoms with Gasteiger partial charge in [-0.3, -0.25) is 9.79 Å². The molecule has 1 amide bonds. The molecular formula is C24H35IN4O. The summed E-state index contributed by atoms with van der Waals surface area (Å²) in [6, 6.07) is 18.5.